The van der Waals surface area contributed by atoms with Crippen molar-refractivity contribution in [3.8, 4) is 35.0 Å². The quantitative estimate of drug-likeness (QED) is 0.129. The van der Waals surface area contributed by atoms with E-state index in [0.717, 1.165) is 82.4 Å². The minimum Gasteiger partial charge on any atom is -0.495 e. The maximum Gasteiger partial charge on any atom is 0.174 e. The SMILES string of the molecule is COc1cc(/C=C/c2nc3n(n2)CCC[C@@]3(C#N)c2ccc(Cl)cc2)ccc1-n1cnc(C)c1.COc1cc(/C=C/c2nc3n(n2)CCC[C@]3(C#N)c2ccc(Cl)cc2)ccc1-n1cnc(C)c1. The lowest BCUT2D eigenvalue weighted by molar-refractivity contribution is 0.393. The van der Waals surface area contributed by atoms with Gasteiger partial charge in [-0.05, 0) is 122 Å². The number of ether oxygens (including phenoxy) is 2. The molecule has 340 valence electrons. The van der Waals surface area contributed by atoms with Gasteiger partial charge in [0, 0.05) is 35.5 Å². The van der Waals surface area contributed by atoms with Crippen LogP contribution in [0.1, 0.15) is 82.6 Å². The molecule has 0 spiro atoms. The monoisotopic (exact) mass is 940 g/mol. The fraction of sp³-hybridized carbons (Fsp3) is 0.231. The molecule has 4 aromatic heterocycles. The Morgan fingerprint density at radius 3 is 1.35 bits per heavy atom. The number of halogens is 2. The summed E-state index contributed by atoms with van der Waals surface area (Å²) in [5.74, 6) is 3.96. The van der Waals surface area contributed by atoms with Gasteiger partial charge in [-0.15, -0.1) is 0 Å². The molecule has 6 heterocycles. The lowest BCUT2D eigenvalue weighted by Crippen LogP contribution is -2.34. The maximum atomic E-state index is 10.2. The number of rotatable bonds is 10. The van der Waals surface area contributed by atoms with Crippen LogP contribution in [0.5, 0.6) is 11.5 Å². The van der Waals surface area contributed by atoms with Gasteiger partial charge >= 0.3 is 0 Å². The van der Waals surface area contributed by atoms with E-state index in [2.05, 4.69) is 32.3 Å². The van der Waals surface area contributed by atoms with E-state index in [4.69, 9.17) is 42.6 Å². The van der Waals surface area contributed by atoms with Gasteiger partial charge < -0.3 is 18.6 Å². The topological polar surface area (TPSA) is 163 Å². The fourth-order valence-corrected chi connectivity index (χ4v) is 9.09. The minimum absolute atomic E-state index is 0.568. The summed E-state index contributed by atoms with van der Waals surface area (Å²) in [7, 11) is 3.30. The molecule has 2 aliphatic rings. The highest BCUT2D eigenvalue weighted by molar-refractivity contribution is 6.30. The summed E-state index contributed by atoms with van der Waals surface area (Å²) in [6, 6.07) is 31.8. The van der Waals surface area contributed by atoms with Gasteiger partial charge in [-0.25, -0.2) is 29.3 Å². The van der Waals surface area contributed by atoms with Gasteiger partial charge in [-0.3, -0.25) is 0 Å². The van der Waals surface area contributed by atoms with E-state index >= 15 is 0 Å². The number of benzene rings is 4. The summed E-state index contributed by atoms with van der Waals surface area (Å²) >= 11 is 12.1. The lowest BCUT2D eigenvalue weighted by atomic mass is 9.75. The number of nitriles is 2. The highest BCUT2D eigenvalue weighted by atomic mass is 35.5. The van der Waals surface area contributed by atoms with E-state index in [0.29, 0.717) is 46.2 Å². The molecule has 14 nitrogen and oxygen atoms in total. The molecule has 0 fully saturated rings. The zero-order valence-corrected chi connectivity index (χ0v) is 39.4. The van der Waals surface area contributed by atoms with Crippen LogP contribution >= 0.6 is 23.2 Å². The molecular formula is C52H46Cl2N12O2. The average molecular weight is 942 g/mol. The largest absolute Gasteiger partial charge is 0.495 e. The Hall–Kier alpha value is -7.78. The van der Waals surface area contributed by atoms with Crippen LogP contribution in [0.4, 0.5) is 0 Å². The van der Waals surface area contributed by atoms with Crippen LogP contribution in [0.2, 0.25) is 10.0 Å². The molecule has 0 saturated heterocycles. The summed E-state index contributed by atoms with van der Waals surface area (Å²) in [6.45, 7) is 5.37. The number of hydrogen-bond donors (Lipinski definition) is 0. The van der Waals surface area contributed by atoms with Gasteiger partial charge in [0.1, 0.15) is 22.3 Å². The zero-order chi connectivity index (χ0) is 47.4. The van der Waals surface area contributed by atoms with Crippen LogP contribution in [0.3, 0.4) is 0 Å². The van der Waals surface area contributed by atoms with Crippen LogP contribution < -0.4 is 9.47 Å². The Morgan fingerprint density at radius 2 is 1.00 bits per heavy atom. The van der Waals surface area contributed by atoms with Crippen molar-refractivity contribution in [2.24, 2.45) is 0 Å². The summed E-state index contributed by atoms with van der Waals surface area (Å²) in [6.07, 6.45) is 18.2. The van der Waals surface area contributed by atoms with Crippen LogP contribution in [-0.2, 0) is 23.9 Å². The van der Waals surface area contributed by atoms with Crippen LogP contribution in [0.25, 0.3) is 35.7 Å². The number of nitrogens with zero attached hydrogens (tertiary/aromatic N) is 12. The summed E-state index contributed by atoms with van der Waals surface area (Å²) < 4.78 is 18.8. The number of hydrogen-bond acceptors (Lipinski definition) is 10. The molecule has 2 aliphatic heterocycles. The first kappa shape index (κ1) is 45.4. The van der Waals surface area contributed by atoms with E-state index in [1.54, 1.807) is 26.9 Å². The molecule has 0 bridgehead atoms. The molecule has 10 rings (SSSR count). The van der Waals surface area contributed by atoms with E-state index in [9.17, 15) is 10.5 Å². The third-order valence-corrected chi connectivity index (χ3v) is 12.8. The predicted octanol–water partition coefficient (Wildman–Crippen LogP) is 10.4. The molecule has 0 N–H and O–H groups in total. The molecule has 4 aromatic carbocycles. The molecular weight excluding hydrogens is 896 g/mol. The Morgan fingerprint density at radius 1 is 0.588 bits per heavy atom. The molecule has 8 aromatic rings. The number of methoxy groups -OCH3 is 2. The van der Waals surface area contributed by atoms with Crippen molar-refractivity contribution in [2.45, 2.75) is 63.5 Å². The molecule has 2 atom stereocenters. The van der Waals surface area contributed by atoms with E-state index in [1.165, 1.54) is 0 Å². The lowest BCUT2D eigenvalue weighted by Gasteiger charge is -2.30. The smallest absolute Gasteiger partial charge is 0.174 e. The van der Waals surface area contributed by atoms with E-state index < -0.39 is 10.8 Å². The van der Waals surface area contributed by atoms with Crippen LogP contribution in [-0.4, -0.2) is 62.9 Å². The first-order chi connectivity index (χ1) is 33.0. The minimum atomic E-state index is -0.838. The predicted molar refractivity (Wildman–Crippen MR) is 262 cm³/mol. The van der Waals surface area contributed by atoms with Crippen LogP contribution in [0, 0.1) is 36.5 Å². The standard InChI is InChI=1S/2C26H23ClN6O/c2*1-18-15-32(17-29-18)22-10-4-19(14-23(22)34-2)5-11-24-30-25-26(16-28,12-3-13-33(25)31-24)20-6-8-21(27)9-7-20/h2*4-11,14-15,17H,3,12-13H2,1-2H3/b2*11-5+/t2*26-/m10/s1. The fourth-order valence-electron chi connectivity index (χ4n) is 8.84. The molecule has 0 unspecified atom stereocenters. The van der Waals surface area contributed by atoms with Gasteiger partial charge in [0.05, 0.1) is 61.8 Å². The van der Waals surface area contributed by atoms with Gasteiger partial charge in [-0.2, -0.15) is 20.7 Å². The third-order valence-electron chi connectivity index (χ3n) is 12.3. The Bertz CT molecular complexity index is 3040. The molecule has 16 heteroatoms. The van der Waals surface area contributed by atoms with Crippen LogP contribution in [0.15, 0.2) is 110 Å². The number of imidazole rings is 2. The number of aryl methyl sites for hydroxylation is 4. The van der Waals surface area contributed by atoms with Gasteiger partial charge in [0.25, 0.3) is 0 Å². The van der Waals surface area contributed by atoms with Gasteiger partial charge in [-0.1, -0.05) is 71.8 Å². The second-order valence-electron chi connectivity index (χ2n) is 16.7. The first-order valence-corrected chi connectivity index (χ1v) is 22.8. The second-order valence-corrected chi connectivity index (χ2v) is 17.5. The summed E-state index contributed by atoms with van der Waals surface area (Å²) in [5, 5.41) is 31.0. The van der Waals surface area contributed by atoms with Crippen molar-refractivity contribution in [2.75, 3.05) is 14.2 Å². The normalized spacial score (nSPS) is 17.5. The molecule has 0 saturated carbocycles. The molecule has 0 aliphatic carbocycles. The molecule has 0 radical (unpaired) electrons. The van der Waals surface area contributed by atoms with E-state index in [-0.39, 0.29) is 0 Å². The number of fused-ring (bicyclic) bond motifs is 2. The van der Waals surface area contributed by atoms with Crippen molar-refractivity contribution in [3.63, 3.8) is 0 Å². The summed E-state index contributed by atoms with van der Waals surface area (Å²) in [4.78, 5) is 18.1. The average Bonchev–Trinajstić information content (AvgIpc) is 4.20. The number of aromatic nitrogens is 10. The zero-order valence-electron chi connectivity index (χ0n) is 37.9. The van der Waals surface area contributed by atoms with E-state index in [1.807, 2.05) is 154 Å². The van der Waals surface area contributed by atoms with Gasteiger partial charge in [0.15, 0.2) is 23.3 Å². The van der Waals surface area contributed by atoms with Crippen molar-refractivity contribution in [3.05, 3.63) is 177 Å². The Kier molecular flexibility index (Phi) is 12.8. The highest BCUT2D eigenvalue weighted by Crippen LogP contribution is 2.41. The highest BCUT2D eigenvalue weighted by Gasteiger charge is 2.43. The van der Waals surface area contributed by atoms with Crippen molar-refractivity contribution >= 4 is 47.5 Å². The van der Waals surface area contributed by atoms with Gasteiger partial charge in [0.2, 0.25) is 0 Å². The third kappa shape index (κ3) is 8.92. The molecule has 68 heavy (non-hydrogen) atoms. The Labute approximate surface area is 404 Å². The van der Waals surface area contributed by atoms with Crippen molar-refractivity contribution in [1.29, 1.82) is 10.5 Å². The second kappa shape index (κ2) is 19.2. The summed E-state index contributed by atoms with van der Waals surface area (Å²) in [5.41, 5.74) is 5.71. The first-order valence-electron chi connectivity index (χ1n) is 22.0. The molecule has 0 amide bonds. The van der Waals surface area contributed by atoms with Crippen molar-refractivity contribution in [1.82, 2.24) is 48.6 Å². The Balaban J connectivity index is 0.000000170. The maximum absolute atomic E-state index is 10.2. The van der Waals surface area contributed by atoms with Crippen molar-refractivity contribution < 1.29 is 9.47 Å².